The highest BCUT2D eigenvalue weighted by Gasteiger charge is 2.62. The quantitative estimate of drug-likeness (QED) is 0.314. The summed E-state index contributed by atoms with van der Waals surface area (Å²) in [5.41, 5.74) is -1.90. The van der Waals surface area contributed by atoms with Gasteiger partial charge >= 0.3 is 6.09 Å². The van der Waals surface area contributed by atoms with Crippen LogP contribution in [0.25, 0.3) is 11.0 Å². The van der Waals surface area contributed by atoms with Gasteiger partial charge in [-0.15, -0.1) is 6.58 Å². The number of alkyl carbamates (subject to hydrolysis) is 1. The number of rotatable bonds is 10. The molecule has 1 saturated heterocycles. The van der Waals surface area contributed by atoms with Gasteiger partial charge in [0.2, 0.25) is 27.7 Å². The summed E-state index contributed by atoms with van der Waals surface area (Å²) >= 11 is 0. The number of benzene rings is 1. The van der Waals surface area contributed by atoms with Crippen molar-refractivity contribution in [3.05, 3.63) is 43.1 Å². The van der Waals surface area contributed by atoms with Crippen LogP contribution >= 0.6 is 0 Å². The average Bonchev–Trinajstić information content (AvgIpc) is 3.91. The summed E-state index contributed by atoms with van der Waals surface area (Å²) < 4.78 is 38.9. The predicted octanol–water partition coefficient (Wildman–Crippen LogP) is 2.59. The maximum absolute atomic E-state index is 14.3. The van der Waals surface area contributed by atoms with E-state index in [1.807, 2.05) is 18.2 Å². The van der Waals surface area contributed by atoms with Crippen LogP contribution in [0, 0.1) is 11.3 Å². The molecule has 3 N–H and O–H groups in total. The predicted molar refractivity (Wildman–Crippen MR) is 176 cm³/mol. The second kappa shape index (κ2) is 12.6. The smallest absolute Gasteiger partial charge is 0.408 e. The molecule has 14 nitrogen and oxygen atoms in total. The van der Waals surface area contributed by atoms with Crippen LogP contribution in [0.5, 0.6) is 5.88 Å². The van der Waals surface area contributed by atoms with Gasteiger partial charge < -0.3 is 25.0 Å². The zero-order chi connectivity index (χ0) is 35.2. The molecule has 0 spiro atoms. The molecule has 48 heavy (non-hydrogen) atoms. The maximum atomic E-state index is 14.3. The van der Waals surface area contributed by atoms with Gasteiger partial charge in [-0.2, -0.15) is 0 Å². The van der Waals surface area contributed by atoms with E-state index in [-0.39, 0.29) is 25.3 Å². The minimum Gasteiger partial charge on any atom is -0.471 e. The Morgan fingerprint density at radius 3 is 2.33 bits per heavy atom. The second-order valence-corrected chi connectivity index (χ2v) is 16.8. The van der Waals surface area contributed by atoms with Crippen molar-refractivity contribution in [1.29, 1.82) is 0 Å². The Morgan fingerprint density at radius 1 is 1.08 bits per heavy atom. The number of amides is 4. The molecular weight excluding hydrogens is 640 g/mol. The van der Waals surface area contributed by atoms with Crippen molar-refractivity contribution in [2.24, 2.45) is 11.3 Å². The van der Waals surface area contributed by atoms with Gasteiger partial charge in [0.25, 0.3) is 5.91 Å². The van der Waals surface area contributed by atoms with Crippen molar-refractivity contribution < 1.29 is 37.1 Å². The lowest BCUT2D eigenvalue weighted by molar-refractivity contribution is -0.143. The number of likely N-dealkylation sites (tertiary alicyclic amines) is 1. The zero-order valence-corrected chi connectivity index (χ0v) is 28.9. The molecular formula is C33H44N6O8S. The van der Waals surface area contributed by atoms with E-state index in [2.05, 4.69) is 31.9 Å². The van der Waals surface area contributed by atoms with Gasteiger partial charge in [0.1, 0.15) is 29.3 Å². The van der Waals surface area contributed by atoms with Gasteiger partial charge in [-0.05, 0) is 57.6 Å². The van der Waals surface area contributed by atoms with Crippen LogP contribution in [0.15, 0.2) is 43.1 Å². The highest BCUT2D eigenvalue weighted by molar-refractivity contribution is 7.91. The van der Waals surface area contributed by atoms with E-state index in [9.17, 15) is 27.6 Å². The van der Waals surface area contributed by atoms with Gasteiger partial charge in [0.05, 0.1) is 29.0 Å². The number of fused-ring (bicyclic) bond motifs is 1. The number of sulfonamides is 1. The molecule has 1 aromatic carbocycles. The first-order valence-electron chi connectivity index (χ1n) is 16.0. The maximum Gasteiger partial charge on any atom is 0.408 e. The number of aromatic nitrogens is 2. The summed E-state index contributed by atoms with van der Waals surface area (Å²) in [6, 6.07) is 5.00. The number of nitrogens with one attached hydrogen (secondary N) is 3. The van der Waals surface area contributed by atoms with Crippen molar-refractivity contribution in [3.8, 4) is 5.88 Å². The zero-order valence-electron chi connectivity index (χ0n) is 28.1. The third-order valence-electron chi connectivity index (χ3n) is 8.59. The highest BCUT2D eigenvalue weighted by Crippen LogP contribution is 2.45. The fraction of sp³-hybridized carbons (Fsp3) is 0.576. The molecule has 1 aliphatic heterocycles. The van der Waals surface area contributed by atoms with Crippen molar-refractivity contribution in [2.75, 3.05) is 6.54 Å². The Labute approximate surface area is 280 Å². The van der Waals surface area contributed by atoms with E-state index in [1.165, 1.54) is 17.2 Å². The fourth-order valence-corrected chi connectivity index (χ4v) is 7.17. The summed E-state index contributed by atoms with van der Waals surface area (Å²) in [4.78, 5) is 64.8. The van der Waals surface area contributed by atoms with Gasteiger partial charge in [-0.1, -0.05) is 39.0 Å². The molecule has 260 valence electrons. The lowest BCUT2D eigenvalue weighted by Gasteiger charge is -2.36. The van der Waals surface area contributed by atoms with Gasteiger partial charge in [0, 0.05) is 12.3 Å². The summed E-state index contributed by atoms with van der Waals surface area (Å²) in [5, 5.41) is 4.80. The standard InChI is InChI=1S/C33H44N6O8S/c1-8-19-16-33(19,29(42)38-48(44,45)21-13-14-21)37-27(40)24-15-20(46-25-17-34-22-11-9-10-12-23(22)35-25)18-39(24)28(41)26(31(2,3)4)36-30(43)47-32(5,6)7/h8-12,17,19-21,24,26H,1,13-16,18H2,2-7H3,(H,36,43)(H,37,40)(H,38,42)/t19?,20-,24+,26-,33-/m1/s1. The van der Waals surface area contributed by atoms with Crippen LogP contribution in [-0.4, -0.2) is 88.2 Å². The molecule has 0 radical (unpaired) electrons. The third-order valence-corrected chi connectivity index (χ3v) is 10.4. The Bertz CT molecular complexity index is 1730. The molecule has 2 saturated carbocycles. The third kappa shape index (κ3) is 7.71. The highest BCUT2D eigenvalue weighted by atomic mass is 32.2. The van der Waals surface area contributed by atoms with E-state index < -0.39 is 79.7 Å². The molecule has 1 unspecified atom stereocenters. The molecule has 2 heterocycles. The normalized spacial score (nSPS) is 24.7. The lowest BCUT2D eigenvalue weighted by Crippen LogP contribution is -2.60. The summed E-state index contributed by atoms with van der Waals surface area (Å²) in [6.45, 7) is 14.1. The molecule has 5 atom stereocenters. The number of carbonyl (C=O) groups is 4. The number of hydrogen-bond donors (Lipinski definition) is 3. The van der Waals surface area contributed by atoms with Crippen LogP contribution in [0.3, 0.4) is 0 Å². The van der Waals surface area contributed by atoms with Crippen LogP contribution in [0.4, 0.5) is 4.79 Å². The van der Waals surface area contributed by atoms with Crippen LogP contribution in [0.1, 0.15) is 67.2 Å². The molecule has 15 heteroatoms. The van der Waals surface area contributed by atoms with E-state index >= 15 is 0 Å². The molecule has 3 aliphatic rings. The first-order chi connectivity index (χ1) is 22.3. The minimum absolute atomic E-state index is 0.0200. The van der Waals surface area contributed by atoms with Crippen LogP contribution in [-0.2, 0) is 29.1 Å². The molecule has 0 bridgehead atoms. The van der Waals surface area contributed by atoms with Crippen molar-refractivity contribution in [2.45, 2.75) is 102 Å². The number of hydrogen-bond acceptors (Lipinski definition) is 10. The topological polar surface area (TPSA) is 186 Å². The Morgan fingerprint density at radius 2 is 1.75 bits per heavy atom. The SMILES string of the molecule is C=CC1C[C@]1(NC(=O)[C@@H]1C[C@@H](Oc2cnc3ccccc3n2)CN1C(=O)[C@@H](NC(=O)OC(C)(C)C)C(C)(C)C)C(=O)NS(=O)(=O)C1CC1. The molecule has 4 amide bonds. The number of para-hydroxylation sites is 2. The Balaban J connectivity index is 1.42. The lowest BCUT2D eigenvalue weighted by atomic mass is 9.85. The minimum atomic E-state index is -3.89. The molecule has 5 rings (SSSR count). The molecule has 3 fully saturated rings. The van der Waals surface area contributed by atoms with Crippen molar-refractivity contribution in [3.63, 3.8) is 0 Å². The van der Waals surface area contributed by atoms with Gasteiger partial charge in [-0.3, -0.25) is 19.1 Å². The van der Waals surface area contributed by atoms with Gasteiger partial charge in [-0.25, -0.2) is 23.2 Å². The average molecular weight is 685 g/mol. The van der Waals surface area contributed by atoms with E-state index in [1.54, 1.807) is 47.6 Å². The first-order valence-corrected chi connectivity index (χ1v) is 17.6. The summed E-state index contributed by atoms with van der Waals surface area (Å²) in [7, 11) is -3.89. The molecule has 2 aliphatic carbocycles. The monoisotopic (exact) mass is 684 g/mol. The Kier molecular flexibility index (Phi) is 9.23. The van der Waals surface area contributed by atoms with Crippen LogP contribution in [0.2, 0.25) is 0 Å². The number of nitrogens with zero attached hydrogens (tertiary/aromatic N) is 3. The van der Waals surface area contributed by atoms with E-state index in [0.29, 0.717) is 23.9 Å². The largest absolute Gasteiger partial charge is 0.471 e. The fourth-order valence-electron chi connectivity index (χ4n) is 5.80. The summed E-state index contributed by atoms with van der Waals surface area (Å²) in [6.07, 6.45) is 2.53. The van der Waals surface area contributed by atoms with Crippen molar-refractivity contribution >= 4 is 44.9 Å². The molecule has 1 aromatic heterocycles. The summed E-state index contributed by atoms with van der Waals surface area (Å²) in [5.74, 6) is -2.40. The number of ether oxygens (including phenoxy) is 2. The van der Waals surface area contributed by atoms with Gasteiger partial charge in [0.15, 0.2) is 0 Å². The first kappa shape index (κ1) is 35.0. The van der Waals surface area contributed by atoms with E-state index in [4.69, 9.17) is 9.47 Å². The molecule has 2 aromatic rings. The Hall–Kier alpha value is -4.27. The van der Waals surface area contributed by atoms with E-state index in [0.717, 1.165) is 0 Å². The number of carbonyl (C=O) groups excluding carboxylic acids is 4. The van der Waals surface area contributed by atoms with Crippen LogP contribution < -0.4 is 20.1 Å². The van der Waals surface area contributed by atoms with Crippen molar-refractivity contribution in [1.82, 2.24) is 30.2 Å². The second-order valence-electron chi connectivity index (χ2n) is 14.8.